The fourth-order valence-corrected chi connectivity index (χ4v) is 3.14. The predicted molar refractivity (Wildman–Crippen MR) is 75.2 cm³/mol. The number of para-hydroxylation sites is 1. The third kappa shape index (κ3) is 3.88. The lowest BCUT2D eigenvalue weighted by atomic mass is 10.3. The molecule has 0 saturated heterocycles. The maximum absolute atomic E-state index is 12.4. The summed E-state index contributed by atoms with van der Waals surface area (Å²) in [6.45, 7) is -0.318. The number of rotatable bonds is 7. The van der Waals surface area contributed by atoms with Crippen molar-refractivity contribution in [2.24, 2.45) is 0 Å². The molecule has 0 fully saturated rings. The molecule has 118 valence electrons. The van der Waals surface area contributed by atoms with Crippen LogP contribution in [-0.4, -0.2) is 56.2 Å². The topological polar surface area (TPSA) is 136 Å². The third-order valence-electron chi connectivity index (χ3n) is 2.73. The van der Waals surface area contributed by atoms with Crippen molar-refractivity contribution in [1.82, 2.24) is 4.31 Å². The van der Waals surface area contributed by atoms with Gasteiger partial charge in [-0.15, -0.1) is 0 Å². The summed E-state index contributed by atoms with van der Waals surface area (Å²) in [5.41, 5.74) is 4.56. The number of benzene rings is 1. The van der Waals surface area contributed by atoms with Crippen LogP contribution in [0.4, 0.5) is 11.4 Å². The Morgan fingerprint density at radius 2 is 2.14 bits per heavy atom. The van der Waals surface area contributed by atoms with Gasteiger partial charge in [-0.1, -0.05) is 6.07 Å². The van der Waals surface area contributed by atoms with Crippen LogP contribution in [0.15, 0.2) is 23.1 Å². The summed E-state index contributed by atoms with van der Waals surface area (Å²) in [6, 6.07) is 3.66. The summed E-state index contributed by atoms with van der Waals surface area (Å²) in [5, 5.41) is 20.6. The Morgan fingerprint density at radius 1 is 1.52 bits per heavy atom. The van der Waals surface area contributed by atoms with Gasteiger partial charge in [0.1, 0.15) is 5.69 Å². The number of ether oxygens (including phenoxy) is 1. The molecule has 0 spiro atoms. The van der Waals surface area contributed by atoms with Gasteiger partial charge in [-0.25, -0.2) is 8.42 Å². The molecule has 3 N–H and O–H groups in total. The number of sulfonamides is 1. The van der Waals surface area contributed by atoms with E-state index >= 15 is 0 Å². The summed E-state index contributed by atoms with van der Waals surface area (Å²) in [5.74, 6) is 0. The van der Waals surface area contributed by atoms with Crippen molar-refractivity contribution in [2.75, 3.05) is 33.0 Å². The van der Waals surface area contributed by atoms with E-state index in [1.54, 1.807) is 0 Å². The van der Waals surface area contributed by atoms with E-state index in [1.165, 1.54) is 26.3 Å². The second-order valence-corrected chi connectivity index (χ2v) is 6.36. The van der Waals surface area contributed by atoms with Crippen LogP contribution in [0.2, 0.25) is 0 Å². The standard InChI is InChI=1S/C11H17N3O6S/c1-13(6-8(15)7-20-2)21(18,19)10-5-3-4-9(12)11(10)14(16)17/h3-5,8,15H,6-7,12H2,1-2H3. The number of nitrogen functional groups attached to an aromatic ring is 1. The van der Waals surface area contributed by atoms with Crippen LogP contribution in [0.25, 0.3) is 0 Å². The molecule has 10 heteroatoms. The molecule has 1 atom stereocenters. The Balaban J connectivity index is 3.20. The van der Waals surface area contributed by atoms with Crippen molar-refractivity contribution in [2.45, 2.75) is 11.0 Å². The minimum Gasteiger partial charge on any atom is -0.393 e. The Labute approximate surface area is 122 Å². The average molecular weight is 319 g/mol. The first-order valence-electron chi connectivity index (χ1n) is 5.88. The van der Waals surface area contributed by atoms with Crippen LogP contribution < -0.4 is 5.73 Å². The summed E-state index contributed by atoms with van der Waals surface area (Å²) in [4.78, 5) is 9.65. The van der Waals surface area contributed by atoms with Gasteiger partial charge in [-0.3, -0.25) is 10.1 Å². The zero-order chi connectivity index (χ0) is 16.2. The lowest BCUT2D eigenvalue weighted by Crippen LogP contribution is -2.36. The number of nitrogens with zero attached hydrogens (tertiary/aromatic N) is 2. The van der Waals surface area contributed by atoms with Gasteiger partial charge >= 0.3 is 5.69 Å². The maximum Gasteiger partial charge on any atom is 0.312 e. The van der Waals surface area contributed by atoms with Crippen molar-refractivity contribution in [1.29, 1.82) is 0 Å². The molecule has 0 aliphatic carbocycles. The normalized spacial score (nSPS) is 13.3. The monoisotopic (exact) mass is 319 g/mol. The molecule has 9 nitrogen and oxygen atoms in total. The number of hydrogen-bond acceptors (Lipinski definition) is 7. The molecular formula is C11H17N3O6S. The third-order valence-corrected chi connectivity index (χ3v) is 4.58. The van der Waals surface area contributed by atoms with Crippen molar-refractivity contribution >= 4 is 21.4 Å². The minimum absolute atomic E-state index is 0.0567. The lowest BCUT2D eigenvalue weighted by molar-refractivity contribution is -0.386. The van der Waals surface area contributed by atoms with E-state index in [4.69, 9.17) is 10.5 Å². The highest BCUT2D eigenvalue weighted by atomic mass is 32.2. The number of aliphatic hydroxyl groups excluding tert-OH is 1. The van der Waals surface area contributed by atoms with Crippen LogP contribution in [0.1, 0.15) is 0 Å². The molecule has 1 rings (SSSR count). The fourth-order valence-electron chi connectivity index (χ4n) is 1.75. The van der Waals surface area contributed by atoms with Crippen molar-refractivity contribution in [3.8, 4) is 0 Å². The predicted octanol–water partition coefficient (Wildman–Crippen LogP) is -0.195. The number of hydrogen-bond donors (Lipinski definition) is 2. The van der Waals surface area contributed by atoms with E-state index in [1.807, 2.05) is 0 Å². The van der Waals surface area contributed by atoms with Gasteiger partial charge in [-0.2, -0.15) is 4.31 Å². The van der Waals surface area contributed by atoms with E-state index in [0.29, 0.717) is 0 Å². The average Bonchev–Trinajstić information content (AvgIpc) is 2.37. The maximum atomic E-state index is 12.4. The molecule has 1 aromatic carbocycles. The lowest BCUT2D eigenvalue weighted by Gasteiger charge is -2.20. The van der Waals surface area contributed by atoms with E-state index in [-0.39, 0.29) is 18.8 Å². The van der Waals surface area contributed by atoms with Gasteiger partial charge in [0.15, 0.2) is 4.90 Å². The number of nitro benzene ring substituents is 1. The molecule has 0 aliphatic rings. The Morgan fingerprint density at radius 3 is 2.67 bits per heavy atom. The molecule has 0 heterocycles. The van der Waals surface area contributed by atoms with Crippen LogP contribution >= 0.6 is 0 Å². The number of anilines is 1. The molecule has 0 aromatic heterocycles. The van der Waals surface area contributed by atoms with Gasteiger partial charge in [0.05, 0.1) is 17.6 Å². The van der Waals surface area contributed by atoms with E-state index in [0.717, 1.165) is 10.4 Å². The SMILES string of the molecule is COCC(O)CN(C)S(=O)(=O)c1cccc(N)c1[N+](=O)[O-]. The second kappa shape index (κ2) is 6.80. The Bertz CT molecular complexity index is 618. The minimum atomic E-state index is -4.15. The molecule has 0 radical (unpaired) electrons. The van der Waals surface area contributed by atoms with E-state index in [2.05, 4.69) is 0 Å². The molecular weight excluding hydrogens is 302 g/mol. The number of methoxy groups -OCH3 is 1. The molecule has 0 bridgehead atoms. The van der Waals surface area contributed by atoms with Crippen molar-refractivity contribution in [3.05, 3.63) is 28.3 Å². The van der Waals surface area contributed by atoms with E-state index in [9.17, 15) is 23.6 Å². The molecule has 0 saturated carbocycles. The Kier molecular flexibility index (Phi) is 5.61. The quantitative estimate of drug-likeness (QED) is 0.403. The molecule has 0 aliphatic heterocycles. The zero-order valence-electron chi connectivity index (χ0n) is 11.6. The summed E-state index contributed by atoms with van der Waals surface area (Å²) >= 11 is 0. The first kappa shape index (κ1) is 17.3. The summed E-state index contributed by atoms with van der Waals surface area (Å²) in [6.07, 6.45) is -1.05. The number of nitro groups is 1. The van der Waals surface area contributed by atoms with Crippen molar-refractivity contribution in [3.63, 3.8) is 0 Å². The van der Waals surface area contributed by atoms with Gasteiger partial charge < -0.3 is 15.6 Å². The molecule has 1 aromatic rings. The molecule has 21 heavy (non-hydrogen) atoms. The highest BCUT2D eigenvalue weighted by molar-refractivity contribution is 7.89. The van der Waals surface area contributed by atoms with Gasteiger partial charge in [0.25, 0.3) is 0 Å². The van der Waals surface area contributed by atoms with Crippen molar-refractivity contribution < 1.29 is 23.2 Å². The van der Waals surface area contributed by atoms with Gasteiger partial charge in [-0.05, 0) is 12.1 Å². The highest BCUT2D eigenvalue weighted by Crippen LogP contribution is 2.31. The fraction of sp³-hybridized carbons (Fsp3) is 0.455. The van der Waals surface area contributed by atoms with Crippen LogP contribution in [0.3, 0.4) is 0 Å². The zero-order valence-corrected chi connectivity index (χ0v) is 12.4. The summed E-state index contributed by atoms with van der Waals surface area (Å²) < 4.78 is 30.2. The number of aliphatic hydroxyl groups is 1. The first-order chi connectivity index (χ1) is 9.71. The second-order valence-electron chi connectivity index (χ2n) is 4.35. The summed E-state index contributed by atoms with van der Waals surface area (Å²) in [7, 11) is -1.58. The largest absolute Gasteiger partial charge is 0.393 e. The number of nitrogens with two attached hydrogens (primary N) is 1. The molecule has 1 unspecified atom stereocenters. The van der Waals surface area contributed by atoms with E-state index < -0.39 is 31.6 Å². The Hall–Kier alpha value is -1.75. The van der Waals surface area contributed by atoms with Crippen LogP contribution in [0, 0.1) is 10.1 Å². The van der Waals surface area contributed by atoms with Crippen LogP contribution in [0.5, 0.6) is 0 Å². The first-order valence-corrected chi connectivity index (χ1v) is 7.32. The number of likely N-dealkylation sites (N-methyl/N-ethyl adjacent to an activating group) is 1. The highest BCUT2D eigenvalue weighted by Gasteiger charge is 2.32. The smallest absolute Gasteiger partial charge is 0.312 e. The van der Waals surface area contributed by atoms with Gasteiger partial charge in [0.2, 0.25) is 10.0 Å². The molecule has 0 amide bonds. The van der Waals surface area contributed by atoms with Gasteiger partial charge in [0, 0.05) is 20.7 Å². The van der Waals surface area contributed by atoms with Crippen LogP contribution in [-0.2, 0) is 14.8 Å².